The zero-order valence-electron chi connectivity index (χ0n) is 18.5. The molecule has 2 heterocycles. The van der Waals surface area contributed by atoms with Gasteiger partial charge >= 0.3 is 0 Å². The molecule has 0 radical (unpaired) electrons. The highest BCUT2D eigenvalue weighted by Gasteiger charge is 2.16. The van der Waals surface area contributed by atoms with Crippen LogP contribution in [0.2, 0.25) is 0 Å². The van der Waals surface area contributed by atoms with Crippen molar-refractivity contribution < 1.29 is 4.74 Å². The van der Waals surface area contributed by atoms with Crippen LogP contribution in [0.15, 0.2) is 88.8 Å². The quantitative estimate of drug-likeness (QED) is 0.315. The van der Waals surface area contributed by atoms with E-state index in [1.54, 1.807) is 12.1 Å². The van der Waals surface area contributed by atoms with E-state index in [0.29, 0.717) is 29.1 Å². The molecular weight excluding hydrogens is 448 g/mol. The van der Waals surface area contributed by atoms with Crippen molar-refractivity contribution in [3.63, 3.8) is 0 Å². The molecule has 0 aliphatic carbocycles. The van der Waals surface area contributed by atoms with Gasteiger partial charge in [-0.2, -0.15) is 4.68 Å². The number of nitrogens with zero attached hydrogens (tertiary/aromatic N) is 6. The van der Waals surface area contributed by atoms with Gasteiger partial charge in [0.05, 0.1) is 17.9 Å². The SMILES string of the molecule is CCOc1ccc(-n2c(Cc3ccccc3)nnc2SCn2nnc3ccccc3c2=O)cc1. The van der Waals surface area contributed by atoms with Gasteiger partial charge in [0.2, 0.25) is 0 Å². The van der Waals surface area contributed by atoms with E-state index >= 15 is 0 Å². The predicted molar refractivity (Wildman–Crippen MR) is 131 cm³/mol. The third-order valence-electron chi connectivity index (χ3n) is 5.26. The maximum Gasteiger partial charge on any atom is 0.278 e. The van der Waals surface area contributed by atoms with Gasteiger partial charge in [0.25, 0.3) is 5.56 Å². The summed E-state index contributed by atoms with van der Waals surface area (Å²) in [5.74, 6) is 1.86. The first-order chi connectivity index (χ1) is 16.7. The summed E-state index contributed by atoms with van der Waals surface area (Å²) in [5, 5.41) is 18.4. The van der Waals surface area contributed by atoms with Crippen LogP contribution in [0.25, 0.3) is 16.6 Å². The number of benzene rings is 3. The van der Waals surface area contributed by atoms with Crippen LogP contribution in [0.1, 0.15) is 18.3 Å². The van der Waals surface area contributed by atoms with Crippen LogP contribution in [0, 0.1) is 0 Å². The second kappa shape index (κ2) is 9.88. The number of aromatic nitrogens is 6. The van der Waals surface area contributed by atoms with Gasteiger partial charge in [-0.05, 0) is 48.9 Å². The Morgan fingerprint density at radius 3 is 2.44 bits per heavy atom. The van der Waals surface area contributed by atoms with Crippen LogP contribution in [0.5, 0.6) is 5.75 Å². The first kappa shape index (κ1) is 21.8. The van der Waals surface area contributed by atoms with Crippen molar-refractivity contribution in [2.24, 2.45) is 0 Å². The molecule has 5 rings (SSSR count). The van der Waals surface area contributed by atoms with Crippen LogP contribution >= 0.6 is 11.8 Å². The molecule has 0 N–H and O–H groups in total. The minimum atomic E-state index is -0.185. The molecule has 0 saturated carbocycles. The molecule has 0 aliphatic rings. The van der Waals surface area contributed by atoms with Crippen molar-refractivity contribution >= 4 is 22.7 Å². The summed E-state index contributed by atoms with van der Waals surface area (Å²) in [6, 6.07) is 25.1. The van der Waals surface area contributed by atoms with E-state index < -0.39 is 0 Å². The monoisotopic (exact) mass is 470 g/mol. The van der Waals surface area contributed by atoms with Gasteiger partial charge in [0.1, 0.15) is 17.1 Å². The fourth-order valence-electron chi connectivity index (χ4n) is 3.63. The Labute approximate surface area is 200 Å². The summed E-state index contributed by atoms with van der Waals surface area (Å²) in [6.45, 7) is 2.56. The zero-order valence-corrected chi connectivity index (χ0v) is 19.4. The van der Waals surface area contributed by atoms with Crippen LogP contribution in [-0.2, 0) is 12.3 Å². The van der Waals surface area contributed by atoms with Gasteiger partial charge in [0, 0.05) is 12.1 Å². The number of rotatable bonds is 8. The fraction of sp³-hybridized carbons (Fsp3) is 0.160. The molecule has 0 fully saturated rings. The summed E-state index contributed by atoms with van der Waals surface area (Å²) < 4.78 is 8.94. The summed E-state index contributed by atoms with van der Waals surface area (Å²) in [6.07, 6.45) is 0.622. The molecule has 0 aliphatic heterocycles. The second-order valence-electron chi connectivity index (χ2n) is 7.51. The lowest BCUT2D eigenvalue weighted by Gasteiger charge is -2.12. The Morgan fingerprint density at radius 1 is 0.882 bits per heavy atom. The third kappa shape index (κ3) is 4.55. The highest BCUT2D eigenvalue weighted by Crippen LogP contribution is 2.26. The number of hydrogen-bond acceptors (Lipinski definition) is 7. The molecule has 0 unspecified atom stereocenters. The predicted octanol–water partition coefficient (Wildman–Crippen LogP) is 4.11. The van der Waals surface area contributed by atoms with Crippen LogP contribution in [0.4, 0.5) is 0 Å². The van der Waals surface area contributed by atoms with Crippen molar-refractivity contribution in [2.75, 3.05) is 6.61 Å². The highest BCUT2D eigenvalue weighted by atomic mass is 32.2. The van der Waals surface area contributed by atoms with Gasteiger partial charge in [0.15, 0.2) is 5.16 Å². The topological polar surface area (TPSA) is 87.7 Å². The lowest BCUT2D eigenvalue weighted by molar-refractivity contribution is 0.340. The maximum absolute atomic E-state index is 12.8. The van der Waals surface area contributed by atoms with E-state index in [9.17, 15) is 4.79 Å². The van der Waals surface area contributed by atoms with Crippen molar-refractivity contribution in [3.8, 4) is 11.4 Å². The number of thioether (sulfide) groups is 1. The van der Waals surface area contributed by atoms with Crippen molar-refractivity contribution in [1.82, 2.24) is 29.8 Å². The molecule has 0 amide bonds. The number of ether oxygens (including phenoxy) is 1. The summed E-state index contributed by atoms with van der Waals surface area (Å²) in [7, 11) is 0. The molecule has 34 heavy (non-hydrogen) atoms. The molecule has 0 saturated heterocycles. The number of hydrogen-bond donors (Lipinski definition) is 0. The fourth-order valence-corrected chi connectivity index (χ4v) is 4.48. The molecule has 5 aromatic rings. The molecule has 170 valence electrons. The standard InChI is InChI=1S/C25H22N6O2S/c1-2-33-20-14-12-19(13-15-20)31-23(16-18-8-4-3-5-9-18)27-28-25(31)34-17-30-24(32)21-10-6-7-11-22(21)26-29-30/h3-15H,2,16-17H2,1H3. The molecule has 0 spiro atoms. The molecular formula is C25H22N6O2S. The lowest BCUT2D eigenvalue weighted by Crippen LogP contribution is -2.23. The van der Waals surface area contributed by atoms with Crippen molar-refractivity contribution in [2.45, 2.75) is 24.4 Å². The van der Waals surface area contributed by atoms with Gasteiger partial charge < -0.3 is 4.74 Å². The van der Waals surface area contributed by atoms with E-state index in [1.807, 2.05) is 66.1 Å². The van der Waals surface area contributed by atoms with Crippen LogP contribution in [-0.4, -0.2) is 36.4 Å². The third-order valence-corrected chi connectivity index (χ3v) is 6.15. The second-order valence-corrected chi connectivity index (χ2v) is 8.42. The lowest BCUT2D eigenvalue weighted by atomic mass is 10.1. The summed E-state index contributed by atoms with van der Waals surface area (Å²) >= 11 is 1.38. The molecule has 8 nitrogen and oxygen atoms in total. The normalized spacial score (nSPS) is 11.1. The molecule has 0 atom stereocenters. The maximum atomic E-state index is 12.8. The highest BCUT2D eigenvalue weighted by molar-refractivity contribution is 7.98. The van der Waals surface area contributed by atoms with Gasteiger partial charge in [-0.15, -0.1) is 15.3 Å². The molecule has 0 bridgehead atoms. The summed E-state index contributed by atoms with van der Waals surface area (Å²) in [5.41, 5.74) is 2.44. The Morgan fingerprint density at radius 2 is 1.65 bits per heavy atom. The van der Waals surface area contributed by atoms with Crippen molar-refractivity contribution in [3.05, 3.63) is 101 Å². The molecule has 3 aromatic carbocycles. The Hall–Kier alpha value is -3.98. The van der Waals surface area contributed by atoms with Gasteiger partial charge in [-0.3, -0.25) is 9.36 Å². The first-order valence-electron chi connectivity index (χ1n) is 10.9. The minimum absolute atomic E-state index is 0.185. The average Bonchev–Trinajstić information content (AvgIpc) is 3.27. The van der Waals surface area contributed by atoms with E-state index in [-0.39, 0.29) is 11.4 Å². The Kier molecular flexibility index (Phi) is 6.35. The smallest absolute Gasteiger partial charge is 0.278 e. The largest absolute Gasteiger partial charge is 0.494 e. The first-order valence-corrected chi connectivity index (χ1v) is 11.9. The van der Waals surface area contributed by atoms with Crippen molar-refractivity contribution in [1.29, 1.82) is 0 Å². The summed E-state index contributed by atoms with van der Waals surface area (Å²) in [4.78, 5) is 12.8. The Balaban J connectivity index is 1.48. The Bertz CT molecular complexity index is 1460. The average molecular weight is 471 g/mol. The van der Waals surface area contributed by atoms with Crippen LogP contribution in [0.3, 0.4) is 0 Å². The van der Waals surface area contributed by atoms with Gasteiger partial charge in [-0.1, -0.05) is 59.4 Å². The molecule has 2 aromatic heterocycles. The van der Waals surface area contributed by atoms with Crippen LogP contribution < -0.4 is 10.3 Å². The number of fused-ring (bicyclic) bond motifs is 1. The van der Waals surface area contributed by atoms with E-state index in [0.717, 1.165) is 22.8 Å². The van der Waals surface area contributed by atoms with Gasteiger partial charge in [-0.25, -0.2) is 0 Å². The van der Waals surface area contributed by atoms with E-state index in [4.69, 9.17) is 4.74 Å². The van der Waals surface area contributed by atoms with E-state index in [2.05, 4.69) is 32.6 Å². The van der Waals surface area contributed by atoms with E-state index in [1.165, 1.54) is 16.4 Å². The minimum Gasteiger partial charge on any atom is -0.494 e. The molecule has 9 heteroatoms. The zero-order chi connectivity index (χ0) is 23.3.